The highest BCUT2D eigenvalue weighted by atomic mass is 16.5. The average molecular weight is 351 g/mol. The number of hydrogen-bond acceptors (Lipinski definition) is 5. The smallest absolute Gasteiger partial charge is 0.254 e. The van der Waals surface area contributed by atoms with Crippen LogP contribution in [0.2, 0.25) is 0 Å². The number of fused-ring (bicyclic) bond motifs is 1. The van der Waals surface area contributed by atoms with E-state index >= 15 is 0 Å². The van der Waals surface area contributed by atoms with E-state index in [0.29, 0.717) is 31.9 Å². The van der Waals surface area contributed by atoms with Gasteiger partial charge in [0.05, 0.1) is 18.6 Å². The van der Waals surface area contributed by atoms with Gasteiger partial charge in [-0.2, -0.15) is 0 Å². The van der Waals surface area contributed by atoms with Gasteiger partial charge in [-0.25, -0.2) is 9.97 Å². The Balaban J connectivity index is 1.61. The monoisotopic (exact) mass is 351 g/mol. The maximum absolute atomic E-state index is 12.5. The lowest BCUT2D eigenvalue weighted by Gasteiger charge is -2.26. The Labute approximate surface area is 151 Å². The molecule has 0 spiro atoms. The van der Waals surface area contributed by atoms with E-state index < -0.39 is 0 Å². The Morgan fingerprint density at radius 1 is 1.15 bits per heavy atom. The first-order chi connectivity index (χ1) is 12.6. The number of H-pyrrole nitrogens is 1. The summed E-state index contributed by atoms with van der Waals surface area (Å²) < 4.78 is 5.31. The zero-order chi connectivity index (χ0) is 18.1. The minimum absolute atomic E-state index is 0.0530. The van der Waals surface area contributed by atoms with Gasteiger partial charge in [-0.05, 0) is 23.8 Å². The van der Waals surface area contributed by atoms with Gasteiger partial charge in [-0.1, -0.05) is 12.1 Å². The van der Waals surface area contributed by atoms with Crippen LogP contribution in [0, 0.1) is 0 Å². The number of aromatic amines is 1. The molecule has 0 radical (unpaired) electrons. The Hall–Kier alpha value is -2.93. The number of nitrogens with zero attached hydrogens (tertiary/aromatic N) is 4. The lowest BCUT2D eigenvalue weighted by atomic mass is 10.1. The van der Waals surface area contributed by atoms with Gasteiger partial charge in [0.1, 0.15) is 17.8 Å². The molecule has 0 atom stereocenters. The molecule has 1 aliphatic heterocycles. The molecule has 1 saturated heterocycles. The van der Waals surface area contributed by atoms with E-state index in [4.69, 9.17) is 4.74 Å². The molecule has 134 valence electrons. The third-order valence-electron chi connectivity index (χ3n) is 4.57. The van der Waals surface area contributed by atoms with Crippen LogP contribution in [0.5, 0.6) is 0 Å². The molecule has 7 nitrogen and oxygen atoms in total. The van der Waals surface area contributed by atoms with Gasteiger partial charge in [-0.15, -0.1) is 0 Å². The van der Waals surface area contributed by atoms with Crippen molar-refractivity contribution in [2.75, 3.05) is 45.3 Å². The van der Waals surface area contributed by atoms with Crippen molar-refractivity contribution < 1.29 is 9.53 Å². The van der Waals surface area contributed by atoms with Gasteiger partial charge >= 0.3 is 0 Å². The Morgan fingerprint density at radius 3 is 2.58 bits per heavy atom. The number of ether oxygens (including phenoxy) is 1. The van der Waals surface area contributed by atoms with E-state index in [2.05, 4.69) is 15.0 Å². The van der Waals surface area contributed by atoms with E-state index in [9.17, 15) is 4.79 Å². The molecule has 3 heterocycles. The second kappa shape index (κ2) is 6.76. The number of benzene rings is 1. The van der Waals surface area contributed by atoms with Gasteiger partial charge in [0.25, 0.3) is 5.91 Å². The van der Waals surface area contributed by atoms with E-state index in [0.717, 1.165) is 28.1 Å². The molecule has 4 rings (SSSR count). The summed E-state index contributed by atoms with van der Waals surface area (Å²) in [7, 11) is 3.92. The summed E-state index contributed by atoms with van der Waals surface area (Å²) in [4.78, 5) is 28.3. The summed E-state index contributed by atoms with van der Waals surface area (Å²) in [5.41, 5.74) is 3.45. The first-order valence-corrected chi connectivity index (χ1v) is 8.62. The maximum atomic E-state index is 12.5. The van der Waals surface area contributed by atoms with Gasteiger partial charge < -0.3 is 19.5 Å². The molecule has 26 heavy (non-hydrogen) atoms. The first kappa shape index (κ1) is 16.5. The largest absolute Gasteiger partial charge is 0.378 e. The predicted octanol–water partition coefficient (Wildman–Crippen LogP) is 2.16. The van der Waals surface area contributed by atoms with Crippen LogP contribution in [0.15, 0.2) is 36.7 Å². The van der Waals surface area contributed by atoms with Gasteiger partial charge in [0, 0.05) is 38.4 Å². The Morgan fingerprint density at radius 2 is 1.88 bits per heavy atom. The summed E-state index contributed by atoms with van der Waals surface area (Å²) in [5, 5.41) is 0.973. The van der Waals surface area contributed by atoms with Gasteiger partial charge in [-0.3, -0.25) is 4.79 Å². The third-order valence-corrected chi connectivity index (χ3v) is 4.57. The van der Waals surface area contributed by atoms with E-state index in [1.807, 2.05) is 54.2 Å². The number of carbonyl (C=O) groups excluding carboxylic acids is 1. The number of carbonyl (C=O) groups is 1. The van der Waals surface area contributed by atoms with Crippen LogP contribution >= 0.6 is 0 Å². The van der Waals surface area contributed by atoms with E-state index in [1.54, 1.807) is 6.33 Å². The number of nitrogens with one attached hydrogen (secondary N) is 1. The lowest BCUT2D eigenvalue weighted by molar-refractivity contribution is 0.0303. The minimum atomic E-state index is 0.0530. The molecular weight excluding hydrogens is 330 g/mol. The van der Waals surface area contributed by atoms with Crippen LogP contribution in [-0.4, -0.2) is 66.2 Å². The summed E-state index contributed by atoms with van der Waals surface area (Å²) in [6.07, 6.45) is 1.56. The normalized spacial score (nSPS) is 14.6. The number of amides is 1. The topological polar surface area (TPSA) is 74.4 Å². The van der Waals surface area contributed by atoms with E-state index in [-0.39, 0.29) is 5.91 Å². The van der Waals surface area contributed by atoms with Crippen molar-refractivity contribution in [3.63, 3.8) is 0 Å². The molecule has 3 aromatic rings. The second-order valence-electron chi connectivity index (χ2n) is 6.52. The molecule has 0 unspecified atom stereocenters. The fourth-order valence-electron chi connectivity index (χ4n) is 3.18. The highest BCUT2D eigenvalue weighted by molar-refractivity contribution is 5.95. The Kier molecular flexibility index (Phi) is 4.30. The molecule has 2 aromatic heterocycles. The zero-order valence-electron chi connectivity index (χ0n) is 14.9. The summed E-state index contributed by atoms with van der Waals surface area (Å²) >= 11 is 0. The van der Waals surface area contributed by atoms with Crippen LogP contribution in [-0.2, 0) is 4.74 Å². The van der Waals surface area contributed by atoms with Crippen LogP contribution in [0.3, 0.4) is 0 Å². The molecule has 1 aromatic carbocycles. The van der Waals surface area contributed by atoms with Crippen molar-refractivity contribution in [3.05, 3.63) is 42.2 Å². The van der Waals surface area contributed by atoms with Crippen LogP contribution in [0.1, 0.15) is 10.4 Å². The molecule has 1 amide bonds. The predicted molar refractivity (Wildman–Crippen MR) is 100 cm³/mol. The number of morpholine rings is 1. The molecule has 0 saturated carbocycles. The fourth-order valence-corrected chi connectivity index (χ4v) is 3.18. The molecule has 7 heteroatoms. The molecule has 0 bridgehead atoms. The lowest BCUT2D eigenvalue weighted by Crippen LogP contribution is -2.40. The zero-order valence-corrected chi connectivity index (χ0v) is 14.9. The summed E-state index contributed by atoms with van der Waals surface area (Å²) in [5.74, 6) is 0.925. The molecule has 0 aliphatic carbocycles. The highest BCUT2D eigenvalue weighted by Gasteiger charge is 2.18. The minimum Gasteiger partial charge on any atom is -0.378 e. The molecule has 1 fully saturated rings. The van der Waals surface area contributed by atoms with E-state index in [1.165, 1.54) is 0 Å². The van der Waals surface area contributed by atoms with Crippen molar-refractivity contribution in [1.82, 2.24) is 19.9 Å². The quantitative estimate of drug-likeness (QED) is 0.783. The first-order valence-electron chi connectivity index (χ1n) is 8.62. The van der Waals surface area contributed by atoms with Gasteiger partial charge in [0.2, 0.25) is 0 Å². The van der Waals surface area contributed by atoms with Crippen molar-refractivity contribution in [3.8, 4) is 11.3 Å². The number of hydrogen-bond donors (Lipinski definition) is 1. The van der Waals surface area contributed by atoms with Gasteiger partial charge in [0.15, 0.2) is 0 Å². The maximum Gasteiger partial charge on any atom is 0.254 e. The molecular formula is C19H21N5O2. The Bertz CT molecular complexity index is 927. The SMILES string of the molecule is CN(C)c1ncnc2[nH]c(-c3ccc(C(=O)N4CCOCC4)cc3)cc12. The number of anilines is 1. The standard InChI is InChI=1S/C19H21N5O2/c1-23(2)18-15-11-16(22-17(15)20-12-21-18)13-3-5-14(6-4-13)19(25)24-7-9-26-10-8-24/h3-6,11-12H,7-10H2,1-2H3,(H,20,21,22). The molecule has 1 N–H and O–H groups in total. The van der Waals surface area contributed by atoms with Crippen molar-refractivity contribution >= 4 is 22.8 Å². The summed E-state index contributed by atoms with van der Waals surface area (Å²) in [6.45, 7) is 2.51. The van der Waals surface area contributed by atoms with Crippen molar-refractivity contribution in [1.29, 1.82) is 0 Å². The second-order valence-corrected chi connectivity index (χ2v) is 6.52. The fraction of sp³-hybridized carbons (Fsp3) is 0.316. The van der Waals surface area contributed by atoms with Crippen LogP contribution in [0.25, 0.3) is 22.3 Å². The summed E-state index contributed by atoms with van der Waals surface area (Å²) in [6, 6.07) is 9.71. The van der Waals surface area contributed by atoms with Crippen LogP contribution in [0.4, 0.5) is 5.82 Å². The third kappa shape index (κ3) is 3.01. The average Bonchev–Trinajstić information content (AvgIpc) is 3.12. The molecule has 1 aliphatic rings. The number of rotatable bonds is 3. The number of aromatic nitrogens is 3. The van der Waals surface area contributed by atoms with Crippen molar-refractivity contribution in [2.45, 2.75) is 0 Å². The van der Waals surface area contributed by atoms with Crippen LogP contribution < -0.4 is 4.90 Å². The highest BCUT2D eigenvalue weighted by Crippen LogP contribution is 2.28. The van der Waals surface area contributed by atoms with Crippen molar-refractivity contribution in [2.24, 2.45) is 0 Å².